The molecule has 1 aliphatic carbocycles. The average molecular weight is 536 g/mol. The molecule has 0 unspecified atom stereocenters. The molecule has 5 heteroatoms. The standard InChI is InChI=1S/C34H34NO3P/c36-39(37-26-29-16-6-1-7-17-29,38-27-30-18-8-2-9-19-30)28-35-34(31-20-10-3-11-21-31,32-22-12-4-13-23-32)33-24-14-5-15-25-33/h1-4,6-14,16-25,35H,5,15,26-28H2. The smallest absolute Gasteiger partial charge is 0.303 e. The van der Waals surface area contributed by atoms with Crippen molar-refractivity contribution in [3.05, 3.63) is 167 Å². The molecule has 0 aromatic heterocycles. The van der Waals surface area contributed by atoms with Crippen molar-refractivity contribution in [1.29, 1.82) is 0 Å². The van der Waals surface area contributed by atoms with Crippen molar-refractivity contribution in [2.45, 2.75) is 31.6 Å². The highest BCUT2D eigenvalue weighted by molar-refractivity contribution is 7.53. The van der Waals surface area contributed by atoms with Crippen molar-refractivity contribution in [1.82, 2.24) is 5.32 Å². The second kappa shape index (κ2) is 13.0. The van der Waals surface area contributed by atoms with Gasteiger partial charge in [0.1, 0.15) is 6.29 Å². The molecule has 4 nitrogen and oxygen atoms in total. The number of rotatable bonds is 12. The average Bonchev–Trinajstić information content (AvgIpc) is 3.02. The van der Waals surface area contributed by atoms with Crippen LogP contribution >= 0.6 is 7.60 Å². The van der Waals surface area contributed by atoms with Crippen LogP contribution in [0, 0.1) is 0 Å². The Morgan fingerprint density at radius 3 is 1.54 bits per heavy atom. The van der Waals surface area contributed by atoms with Crippen LogP contribution in [0.3, 0.4) is 0 Å². The molecule has 0 radical (unpaired) electrons. The summed E-state index contributed by atoms with van der Waals surface area (Å²) in [5.41, 5.74) is 4.39. The summed E-state index contributed by atoms with van der Waals surface area (Å²) >= 11 is 0. The van der Waals surface area contributed by atoms with Crippen LogP contribution in [0.15, 0.2) is 145 Å². The van der Waals surface area contributed by atoms with Gasteiger partial charge in [-0.05, 0) is 40.7 Å². The normalized spacial score (nSPS) is 13.7. The van der Waals surface area contributed by atoms with Gasteiger partial charge in [0.15, 0.2) is 0 Å². The van der Waals surface area contributed by atoms with Gasteiger partial charge in [-0.25, -0.2) is 0 Å². The summed E-state index contributed by atoms with van der Waals surface area (Å²) in [5.74, 6) is 0. The first-order valence-electron chi connectivity index (χ1n) is 13.4. The Bertz CT molecular complexity index is 1330. The van der Waals surface area contributed by atoms with E-state index < -0.39 is 13.1 Å². The molecule has 5 rings (SSSR count). The minimum Gasteiger partial charge on any atom is -0.303 e. The lowest BCUT2D eigenvalue weighted by Gasteiger charge is -2.39. The summed E-state index contributed by atoms with van der Waals surface area (Å²) in [7, 11) is -3.60. The Morgan fingerprint density at radius 1 is 0.641 bits per heavy atom. The minimum atomic E-state index is -3.60. The fraction of sp³-hybridized carbons (Fsp3) is 0.176. The molecule has 0 saturated heterocycles. The second-order valence-electron chi connectivity index (χ2n) is 9.59. The largest absolute Gasteiger partial charge is 0.345 e. The first kappa shape index (κ1) is 27.1. The van der Waals surface area contributed by atoms with Crippen molar-refractivity contribution in [3.8, 4) is 0 Å². The molecule has 0 atom stereocenters. The zero-order valence-corrected chi connectivity index (χ0v) is 22.9. The quantitative estimate of drug-likeness (QED) is 0.185. The molecule has 0 bridgehead atoms. The molecule has 1 aliphatic rings. The van der Waals surface area contributed by atoms with Gasteiger partial charge in [-0.15, -0.1) is 0 Å². The van der Waals surface area contributed by atoms with Crippen molar-refractivity contribution < 1.29 is 13.6 Å². The summed E-state index contributed by atoms with van der Waals surface area (Å²) in [5, 5.41) is 3.72. The lowest BCUT2D eigenvalue weighted by Crippen LogP contribution is -2.45. The van der Waals surface area contributed by atoms with Crippen LogP contribution in [-0.2, 0) is 32.4 Å². The number of allylic oxidation sites excluding steroid dienone is 2. The highest BCUT2D eigenvalue weighted by atomic mass is 31.2. The van der Waals surface area contributed by atoms with E-state index in [0.717, 1.165) is 40.7 Å². The number of benzene rings is 4. The fourth-order valence-electron chi connectivity index (χ4n) is 4.91. The molecule has 0 amide bonds. The van der Waals surface area contributed by atoms with Gasteiger partial charge in [-0.2, -0.15) is 0 Å². The van der Waals surface area contributed by atoms with E-state index in [1.165, 1.54) is 0 Å². The van der Waals surface area contributed by atoms with Crippen molar-refractivity contribution in [2.24, 2.45) is 0 Å². The highest BCUT2D eigenvalue weighted by Crippen LogP contribution is 2.51. The van der Waals surface area contributed by atoms with Gasteiger partial charge >= 0.3 is 7.60 Å². The molecule has 0 aliphatic heterocycles. The van der Waals surface area contributed by atoms with E-state index in [4.69, 9.17) is 9.05 Å². The van der Waals surface area contributed by atoms with Gasteiger partial charge in [0.05, 0.1) is 18.8 Å². The summed E-state index contributed by atoms with van der Waals surface area (Å²) in [6.45, 7) is 0.391. The van der Waals surface area contributed by atoms with E-state index in [1.54, 1.807) is 0 Å². The Morgan fingerprint density at radius 2 is 1.10 bits per heavy atom. The molecule has 198 valence electrons. The maximum Gasteiger partial charge on any atom is 0.345 e. The van der Waals surface area contributed by atoms with Crippen molar-refractivity contribution in [2.75, 3.05) is 6.29 Å². The van der Waals surface area contributed by atoms with E-state index in [-0.39, 0.29) is 19.5 Å². The third-order valence-corrected chi connectivity index (χ3v) is 8.51. The van der Waals surface area contributed by atoms with Gasteiger partial charge in [0.25, 0.3) is 0 Å². The lowest BCUT2D eigenvalue weighted by atomic mass is 9.75. The van der Waals surface area contributed by atoms with E-state index in [0.29, 0.717) is 0 Å². The maximum atomic E-state index is 14.4. The summed E-state index contributed by atoms with van der Waals surface area (Å²) < 4.78 is 26.7. The topological polar surface area (TPSA) is 47.6 Å². The second-order valence-corrected chi connectivity index (χ2v) is 11.6. The van der Waals surface area contributed by atoms with Crippen LogP contribution in [0.5, 0.6) is 0 Å². The van der Waals surface area contributed by atoms with Crippen LogP contribution < -0.4 is 5.32 Å². The van der Waals surface area contributed by atoms with Gasteiger partial charge in [-0.3, -0.25) is 9.88 Å². The summed E-state index contributed by atoms with van der Waals surface area (Å²) in [6, 6.07) is 40.2. The molecule has 0 spiro atoms. The summed E-state index contributed by atoms with van der Waals surface area (Å²) in [4.78, 5) is 0. The van der Waals surface area contributed by atoms with E-state index >= 15 is 0 Å². The minimum absolute atomic E-state index is 0.0294. The van der Waals surface area contributed by atoms with Crippen LogP contribution in [0.25, 0.3) is 0 Å². The lowest BCUT2D eigenvalue weighted by molar-refractivity contribution is 0.187. The first-order chi connectivity index (χ1) is 19.2. The number of hydrogen-bond acceptors (Lipinski definition) is 4. The molecular formula is C34H34NO3P. The molecular weight excluding hydrogens is 501 g/mol. The maximum absolute atomic E-state index is 14.4. The monoisotopic (exact) mass is 535 g/mol. The number of hydrogen-bond donors (Lipinski definition) is 1. The fourth-order valence-corrected chi connectivity index (χ4v) is 6.29. The van der Waals surface area contributed by atoms with E-state index in [2.05, 4.69) is 47.8 Å². The molecule has 0 saturated carbocycles. The first-order valence-corrected chi connectivity index (χ1v) is 15.1. The molecule has 4 aromatic rings. The number of nitrogens with one attached hydrogen (secondary N) is 1. The van der Waals surface area contributed by atoms with Crippen LogP contribution in [0.2, 0.25) is 0 Å². The SMILES string of the molecule is O=P(CNC(C1=CCCC=C1)(c1ccccc1)c1ccccc1)(OCc1ccccc1)OCc1ccccc1. The Labute approximate surface area is 231 Å². The van der Waals surface area contributed by atoms with Gasteiger partial charge in [0, 0.05) is 0 Å². The predicted molar refractivity (Wildman–Crippen MR) is 158 cm³/mol. The zero-order chi connectivity index (χ0) is 26.8. The zero-order valence-electron chi connectivity index (χ0n) is 22.0. The molecule has 39 heavy (non-hydrogen) atoms. The van der Waals surface area contributed by atoms with Gasteiger partial charge in [-0.1, -0.05) is 140 Å². The molecule has 1 N–H and O–H groups in total. The predicted octanol–water partition coefficient (Wildman–Crippen LogP) is 8.38. The van der Waals surface area contributed by atoms with Crippen molar-refractivity contribution >= 4 is 7.60 Å². The van der Waals surface area contributed by atoms with Gasteiger partial charge in [0.2, 0.25) is 0 Å². The third-order valence-electron chi connectivity index (χ3n) is 6.92. The Balaban J connectivity index is 1.51. The van der Waals surface area contributed by atoms with Crippen LogP contribution in [-0.4, -0.2) is 6.29 Å². The van der Waals surface area contributed by atoms with E-state index in [9.17, 15) is 4.57 Å². The van der Waals surface area contributed by atoms with Crippen molar-refractivity contribution in [3.63, 3.8) is 0 Å². The highest BCUT2D eigenvalue weighted by Gasteiger charge is 2.40. The van der Waals surface area contributed by atoms with Crippen LogP contribution in [0.4, 0.5) is 0 Å². The summed E-state index contributed by atoms with van der Waals surface area (Å²) in [6.07, 6.45) is 8.63. The molecule has 4 aromatic carbocycles. The Hall–Kier alpha value is -3.53. The van der Waals surface area contributed by atoms with E-state index in [1.807, 2.05) is 97.1 Å². The third kappa shape index (κ3) is 6.73. The Kier molecular flexibility index (Phi) is 9.03. The molecule has 0 heterocycles. The van der Waals surface area contributed by atoms with Crippen LogP contribution in [0.1, 0.15) is 35.1 Å². The molecule has 0 fully saturated rings. The van der Waals surface area contributed by atoms with Gasteiger partial charge < -0.3 is 9.05 Å².